The Hall–Kier alpha value is -4.08. The quantitative estimate of drug-likeness (QED) is 0.414. The van der Waals surface area contributed by atoms with Gasteiger partial charge in [-0.05, 0) is 42.2 Å². The van der Waals surface area contributed by atoms with E-state index in [0.29, 0.717) is 47.0 Å². The van der Waals surface area contributed by atoms with Crippen LogP contribution in [-0.4, -0.2) is 67.4 Å². The highest BCUT2D eigenvalue weighted by atomic mass is 16.5. The van der Waals surface area contributed by atoms with Crippen LogP contribution in [0.25, 0.3) is 0 Å². The Balaban J connectivity index is 1.96. The van der Waals surface area contributed by atoms with Crippen LogP contribution in [0.4, 0.5) is 5.69 Å². The number of benzene rings is 2. The maximum absolute atomic E-state index is 13.5. The largest absolute Gasteiger partial charge is 0.493 e. The minimum atomic E-state index is -1.09. The molecule has 1 aliphatic heterocycles. The molecule has 198 valence electrons. The predicted molar refractivity (Wildman–Crippen MR) is 140 cm³/mol. The van der Waals surface area contributed by atoms with E-state index < -0.39 is 23.9 Å². The number of carboxylic acid groups (broad SMARTS) is 1. The first kappa shape index (κ1) is 27.5. The molecule has 1 heterocycles. The van der Waals surface area contributed by atoms with Gasteiger partial charge in [-0.15, -0.1) is 0 Å². The van der Waals surface area contributed by atoms with Crippen LogP contribution in [0.3, 0.4) is 0 Å². The van der Waals surface area contributed by atoms with Gasteiger partial charge in [-0.2, -0.15) is 0 Å². The molecule has 2 aromatic carbocycles. The van der Waals surface area contributed by atoms with Crippen molar-refractivity contribution >= 4 is 29.2 Å². The van der Waals surface area contributed by atoms with E-state index >= 15 is 0 Å². The van der Waals surface area contributed by atoms with E-state index in [1.165, 1.54) is 0 Å². The molecule has 0 saturated heterocycles. The Bertz CT molecular complexity index is 1260. The Morgan fingerprint density at radius 1 is 1.14 bits per heavy atom. The number of carbonyl (C=O) groups is 3. The lowest BCUT2D eigenvalue weighted by atomic mass is 9.84. The molecule has 0 aliphatic carbocycles. The Kier molecular flexibility index (Phi) is 7.80. The van der Waals surface area contributed by atoms with Gasteiger partial charge in [-0.25, -0.2) is 4.79 Å². The number of ketones is 1. The lowest BCUT2D eigenvalue weighted by Gasteiger charge is -2.28. The van der Waals surface area contributed by atoms with E-state index in [1.54, 1.807) is 55.1 Å². The lowest BCUT2D eigenvalue weighted by molar-refractivity contribution is -0.139. The highest BCUT2D eigenvalue weighted by Crippen LogP contribution is 2.40. The smallest absolute Gasteiger partial charge is 0.341 e. The average Bonchev–Trinajstić information content (AvgIpc) is 3.10. The number of aliphatic carboxylic acids is 1. The van der Waals surface area contributed by atoms with Gasteiger partial charge in [-0.1, -0.05) is 20.8 Å². The van der Waals surface area contributed by atoms with Gasteiger partial charge < -0.3 is 30.1 Å². The van der Waals surface area contributed by atoms with Crippen LogP contribution in [-0.2, 0) is 16.8 Å². The molecule has 1 aliphatic rings. The number of ether oxygens (including phenoxy) is 2. The summed E-state index contributed by atoms with van der Waals surface area (Å²) < 4.78 is 11.2. The number of primary amides is 1. The second kappa shape index (κ2) is 10.5. The van der Waals surface area contributed by atoms with Crippen molar-refractivity contribution in [3.05, 3.63) is 52.1 Å². The van der Waals surface area contributed by atoms with Crippen molar-refractivity contribution in [1.82, 2.24) is 4.90 Å². The van der Waals surface area contributed by atoms with Gasteiger partial charge in [-0.3, -0.25) is 15.0 Å². The van der Waals surface area contributed by atoms with Crippen LogP contribution in [0.5, 0.6) is 11.5 Å². The maximum Gasteiger partial charge on any atom is 0.341 e. The number of fused-ring (bicyclic) bond motifs is 1. The molecule has 0 aromatic heterocycles. The number of hydrogen-bond donors (Lipinski definition) is 3. The fourth-order valence-electron chi connectivity index (χ4n) is 4.24. The third kappa shape index (κ3) is 5.84. The number of Topliss-reactive ketones (excluding diaryl/α,β-unsaturated/α-hetero) is 1. The predicted octanol–water partition coefficient (Wildman–Crippen LogP) is 3.03. The van der Waals surface area contributed by atoms with Crippen LogP contribution in [0.2, 0.25) is 0 Å². The zero-order chi connectivity index (χ0) is 27.7. The number of carbonyl (C=O) groups excluding carboxylic acids is 2. The molecule has 1 amide bonds. The van der Waals surface area contributed by atoms with Crippen molar-refractivity contribution in [1.29, 1.82) is 5.41 Å². The molecule has 0 fully saturated rings. The third-order valence-electron chi connectivity index (χ3n) is 6.06. The van der Waals surface area contributed by atoms with E-state index in [2.05, 4.69) is 0 Å². The number of rotatable bonds is 10. The first-order valence-electron chi connectivity index (χ1n) is 11.9. The molecule has 0 radical (unpaired) electrons. The van der Waals surface area contributed by atoms with Gasteiger partial charge in [0, 0.05) is 37.3 Å². The molecule has 37 heavy (non-hydrogen) atoms. The van der Waals surface area contributed by atoms with Gasteiger partial charge in [0.1, 0.15) is 17.3 Å². The summed E-state index contributed by atoms with van der Waals surface area (Å²) in [6.45, 7) is 7.79. The Morgan fingerprint density at radius 2 is 1.81 bits per heavy atom. The van der Waals surface area contributed by atoms with Crippen molar-refractivity contribution in [2.45, 2.75) is 39.7 Å². The standard InChI is InChI=1S/C27H34N4O6/c1-7-36-22-10-16-12-31(25(28)17(16)11-18(22)26(29)35)13-21(32)15-8-19(27(2,3)4)24(37-14-23(33)34)20(9-15)30(5)6/h8-11,28H,7,12-14H2,1-6H3,(H2,29,35)(H,33,34). The average molecular weight is 511 g/mol. The van der Waals surface area contributed by atoms with E-state index in [1.807, 2.05) is 20.8 Å². The summed E-state index contributed by atoms with van der Waals surface area (Å²) in [6.07, 6.45) is 0. The minimum absolute atomic E-state index is 0.0603. The van der Waals surface area contributed by atoms with Crippen molar-refractivity contribution in [3.8, 4) is 11.5 Å². The van der Waals surface area contributed by atoms with Crippen LogP contribution in [0.1, 0.15) is 65.1 Å². The van der Waals surface area contributed by atoms with Crippen molar-refractivity contribution in [3.63, 3.8) is 0 Å². The molecular formula is C27H34N4O6. The number of anilines is 1. The Labute approximate surface area is 216 Å². The van der Waals surface area contributed by atoms with E-state index in [4.69, 9.17) is 25.7 Å². The summed E-state index contributed by atoms with van der Waals surface area (Å²) in [5.74, 6) is -1.05. The second-order valence-electron chi connectivity index (χ2n) is 10.1. The van der Waals surface area contributed by atoms with Crippen LogP contribution < -0.4 is 20.1 Å². The summed E-state index contributed by atoms with van der Waals surface area (Å²) in [6, 6.07) is 6.66. The summed E-state index contributed by atoms with van der Waals surface area (Å²) in [5.41, 5.74) is 8.29. The minimum Gasteiger partial charge on any atom is -0.493 e. The monoisotopic (exact) mass is 510 g/mol. The molecule has 3 rings (SSSR count). The molecule has 0 unspecified atom stereocenters. The third-order valence-corrected chi connectivity index (χ3v) is 6.06. The normalized spacial score (nSPS) is 12.8. The molecule has 0 saturated carbocycles. The SMILES string of the molecule is CCOc1cc2c(cc1C(N)=O)C(=N)N(CC(=O)c1cc(N(C)C)c(OCC(=O)O)c(C(C)(C)C)c1)C2. The zero-order valence-corrected chi connectivity index (χ0v) is 22.1. The number of hydrogen-bond acceptors (Lipinski definition) is 7. The summed E-state index contributed by atoms with van der Waals surface area (Å²) in [4.78, 5) is 40.0. The lowest BCUT2D eigenvalue weighted by Crippen LogP contribution is -2.30. The van der Waals surface area contributed by atoms with Gasteiger partial charge in [0.15, 0.2) is 12.4 Å². The Morgan fingerprint density at radius 3 is 2.35 bits per heavy atom. The summed E-state index contributed by atoms with van der Waals surface area (Å²) in [7, 11) is 3.59. The number of carboxylic acids is 1. The van der Waals surface area contributed by atoms with Gasteiger partial charge in [0.05, 0.1) is 24.4 Å². The highest BCUT2D eigenvalue weighted by molar-refractivity contribution is 6.07. The molecule has 0 bridgehead atoms. The zero-order valence-electron chi connectivity index (χ0n) is 22.1. The first-order chi connectivity index (χ1) is 17.2. The molecule has 0 spiro atoms. The number of nitrogens with zero attached hydrogens (tertiary/aromatic N) is 2. The van der Waals surface area contributed by atoms with E-state index in [9.17, 15) is 14.4 Å². The number of amides is 1. The summed E-state index contributed by atoms with van der Waals surface area (Å²) >= 11 is 0. The van der Waals surface area contributed by atoms with Crippen molar-refractivity contribution in [2.24, 2.45) is 5.73 Å². The van der Waals surface area contributed by atoms with Gasteiger partial charge in [0.25, 0.3) is 5.91 Å². The molecule has 4 N–H and O–H groups in total. The number of nitrogens with one attached hydrogen (secondary N) is 1. The van der Waals surface area contributed by atoms with Crippen molar-refractivity contribution < 1.29 is 29.0 Å². The van der Waals surface area contributed by atoms with E-state index in [0.717, 1.165) is 5.56 Å². The molecule has 10 heteroatoms. The molecule has 0 atom stereocenters. The molecule has 2 aromatic rings. The number of nitrogens with two attached hydrogens (primary N) is 1. The second-order valence-corrected chi connectivity index (χ2v) is 10.1. The fourth-order valence-corrected chi connectivity index (χ4v) is 4.24. The van der Waals surface area contributed by atoms with E-state index in [-0.39, 0.29) is 23.7 Å². The van der Waals surface area contributed by atoms with Gasteiger partial charge in [0.2, 0.25) is 0 Å². The maximum atomic E-state index is 13.5. The van der Waals surface area contributed by atoms with Gasteiger partial charge >= 0.3 is 5.97 Å². The number of amidine groups is 1. The van der Waals surface area contributed by atoms with Crippen molar-refractivity contribution in [2.75, 3.05) is 38.8 Å². The first-order valence-corrected chi connectivity index (χ1v) is 11.9. The topological polar surface area (TPSA) is 146 Å². The fraction of sp³-hybridized carbons (Fsp3) is 0.407. The highest BCUT2D eigenvalue weighted by Gasteiger charge is 2.30. The van der Waals surface area contributed by atoms with Crippen LogP contribution >= 0.6 is 0 Å². The van der Waals surface area contributed by atoms with Crippen LogP contribution in [0, 0.1) is 5.41 Å². The van der Waals surface area contributed by atoms with Crippen LogP contribution in [0.15, 0.2) is 24.3 Å². The summed E-state index contributed by atoms with van der Waals surface area (Å²) in [5, 5.41) is 17.8. The molecule has 10 nitrogen and oxygen atoms in total. The molecular weight excluding hydrogens is 476 g/mol.